The minimum atomic E-state index is -3.59. The quantitative estimate of drug-likeness (QED) is 0.565. The maximum absolute atomic E-state index is 12.4. The molecule has 0 saturated carbocycles. The zero-order valence-electron chi connectivity index (χ0n) is 15.5. The van der Waals surface area contributed by atoms with E-state index < -0.39 is 10.0 Å². The Morgan fingerprint density at radius 2 is 1.48 bits per heavy atom. The predicted octanol–water partition coefficient (Wildman–Crippen LogP) is 1.88. The average Bonchev–Trinajstić information content (AvgIpc) is 2.85. The number of anilines is 1. The molecule has 2 saturated heterocycles. The predicted molar refractivity (Wildman–Crippen MR) is 103 cm³/mol. The van der Waals surface area contributed by atoms with Crippen LogP contribution in [0.1, 0.15) is 44.9 Å². The summed E-state index contributed by atoms with van der Waals surface area (Å²) in [6, 6.07) is 5.89. The Hall–Kier alpha value is -1.77. The van der Waals surface area contributed by atoms with Crippen molar-refractivity contribution >= 4 is 27.5 Å². The van der Waals surface area contributed by atoms with Gasteiger partial charge in [-0.15, -0.1) is 0 Å². The van der Waals surface area contributed by atoms with E-state index in [1.165, 1.54) is 49.9 Å². The molecule has 0 spiro atoms. The lowest BCUT2D eigenvalue weighted by molar-refractivity contribution is -0.121. The summed E-state index contributed by atoms with van der Waals surface area (Å²) in [6.07, 6.45) is 6.20. The number of nitrogens with one attached hydrogen (secondary N) is 1. The first kappa shape index (κ1) is 20.0. The van der Waals surface area contributed by atoms with E-state index in [9.17, 15) is 18.0 Å². The molecule has 1 N–H and O–H groups in total. The van der Waals surface area contributed by atoms with Crippen LogP contribution in [0.2, 0.25) is 0 Å². The second kappa shape index (κ2) is 8.95. The number of carbonyl (C=O) groups is 2. The van der Waals surface area contributed by atoms with Gasteiger partial charge in [0, 0.05) is 19.4 Å². The number of sulfonamides is 1. The van der Waals surface area contributed by atoms with E-state index in [1.54, 1.807) is 0 Å². The molecular weight excluding hydrogens is 366 g/mol. The Balaban J connectivity index is 1.52. The van der Waals surface area contributed by atoms with Crippen molar-refractivity contribution in [2.24, 2.45) is 0 Å². The van der Waals surface area contributed by atoms with Crippen molar-refractivity contribution in [1.29, 1.82) is 0 Å². The zero-order valence-corrected chi connectivity index (χ0v) is 16.3. The normalized spacial score (nSPS) is 19.5. The van der Waals surface area contributed by atoms with Crippen LogP contribution in [0.4, 0.5) is 5.69 Å². The number of imide groups is 1. The van der Waals surface area contributed by atoms with Gasteiger partial charge in [-0.3, -0.25) is 14.5 Å². The van der Waals surface area contributed by atoms with Gasteiger partial charge in [-0.2, -0.15) is 0 Å². The van der Waals surface area contributed by atoms with Crippen LogP contribution in [0.3, 0.4) is 0 Å². The number of carbonyl (C=O) groups excluding carboxylic acids is 2. The van der Waals surface area contributed by atoms with Gasteiger partial charge >= 0.3 is 0 Å². The first-order valence-corrected chi connectivity index (χ1v) is 11.1. The van der Waals surface area contributed by atoms with Crippen LogP contribution >= 0.6 is 0 Å². The first-order chi connectivity index (χ1) is 13.0. The third-order valence-electron chi connectivity index (χ3n) is 5.10. The zero-order chi connectivity index (χ0) is 19.3. The summed E-state index contributed by atoms with van der Waals surface area (Å²) >= 11 is 0. The number of hydrogen-bond acceptors (Lipinski definition) is 5. The van der Waals surface area contributed by atoms with E-state index in [2.05, 4.69) is 9.62 Å². The third-order valence-corrected chi connectivity index (χ3v) is 6.58. The summed E-state index contributed by atoms with van der Waals surface area (Å²) in [5.41, 5.74) is 0.419. The highest BCUT2D eigenvalue weighted by molar-refractivity contribution is 7.89. The highest BCUT2D eigenvalue weighted by atomic mass is 32.2. The minimum absolute atomic E-state index is 0.139. The molecule has 2 aliphatic rings. The van der Waals surface area contributed by atoms with Crippen LogP contribution in [0, 0.1) is 0 Å². The average molecular weight is 394 g/mol. The number of hydrogen-bond donors (Lipinski definition) is 1. The molecule has 1 aromatic carbocycles. The molecule has 2 aliphatic heterocycles. The molecule has 1 aromatic rings. The first-order valence-electron chi connectivity index (χ1n) is 9.65. The number of likely N-dealkylation sites (tertiary alicyclic amines) is 1. The molecule has 8 heteroatoms. The van der Waals surface area contributed by atoms with Gasteiger partial charge in [-0.25, -0.2) is 13.1 Å². The van der Waals surface area contributed by atoms with Gasteiger partial charge < -0.3 is 4.90 Å². The Morgan fingerprint density at radius 1 is 0.889 bits per heavy atom. The van der Waals surface area contributed by atoms with E-state index in [0.29, 0.717) is 12.2 Å². The molecule has 0 bridgehead atoms. The SMILES string of the molecule is O=C1CCC(=O)N1c1ccc(S(=O)(=O)NCCCN2CCCCCC2)cc1. The smallest absolute Gasteiger partial charge is 0.240 e. The highest BCUT2D eigenvalue weighted by Gasteiger charge is 2.30. The van der Waals surface area contributed by atoms with Gasteiger partial charge in [0.2, 0.25) is 21.8 Å². The van der Waals surface area contributed by atoms with E-state index >= 15 is 0 Å². The fourth-order valence-electron chi connectivity index (χ4n) is 3.59. The topological polar surface area (TPSA) is 86.8 Å². The lowest BCUT2D eigenvalue weighted by Gasteiger charge is -2.19. The van der Waals surface area contributed by atoms with Crippen molar-refractivity contribution in [3.63, 3.8) is 0 Å². The van der Waals surface area contributed by atoms with E-state index in [0.717, 1.165) is 31.0 Å². The molecule has 148 valence electrons. The van der Waals surface area contributed by atoms with E-state index in [-0.39, 0.29) is 29.6 Å². The Kier molecular flexibility index (Phi) is 6.62. The van der Waals surface area contributed by atoms with Gasteiger partial charge in [-0.1, -0.05) is 12.8 Å². The molecule has 0 atom stereocenters. The van der Waals surface area contributed by atoms with Crippen molar-refractivity contribution in [1.82, 2.24) is 9.62 Å². The highest BCUT2D eigenvalue weighted by Crippen LogP contribution is 2.23. The minimum Gasteiger partial charge on any atom is -0.303 e. The van der Waals surface area contributed by atoms with Crippen LogP contribution in [-0.2, 0) is 19.6 Å². The summed E-state index contributed by atoms with van der Waals surface area (Å²) in [6.45, 7) is 3.49. The van der Waals surface area contributed by atoms with Crippen LogP contribution < -0.4 is 9.62 Å². The summed E-state index contributed by atoms with van der Waals surface area (Å²) in [5.74, 6) is -0.496. The summed E-state index contributed by atoms with van der Waals surface area (Å²) in [5, 5.41) is 0. The number of nitrogens with zero attached hydrogens (tertiary/aromatic N) is 2. The second-order valence-corrected chi connectivity index (χ2v) is 8.89. The van der Waals surface area contributed by atoms with Gasteiger partial charge in [0.15, 0.2) is 0 Å². The molecule has 2 heterocycles. The van der Waals surface area contributed by atoms with Crippen LogP contribution in [-0.4, -0.2) is 51.3 Å². The molecular formula is C19H27N3O4S. The van der Waals surface area contributed by atoms with E-state index in [4.69, 9.17) is 0 Å². The van der Waals surface area contributed by atoms with Gasteiger partial charge in [0.1, 0.15) is 0 Å². The van der Waals surface area contributed by atoms with Crippen molar-refractivity contribution in [2.75, 3.05) is 31.1 Å². The van der Waals surface area contributed by atoms with Gasteiger partial charge in [-0.05, 0) is 63.2 Å². The van der Waals surface area contributed by atoms with Crippen molar-refractivity contribution in [3.8, 4) is 0 Å². The fourth-order valence-corrected chi connectivity index (χ4v) is 4.67. The van der Waals surface area contributed by atoms with E-state index in [1.807, 2.05) is 0 Å². The molecule has 3 rings (SSSR count). The molecule has 0 radical (unpaired) electrons. The largest absolute Gasteiger partial charge is 0.303 e. The summed E-state index contributed by atoms with van der Waals surface area (Å²) in [4.78, 5) is 27.2. The lowest BCUT2D eigenvalue weighted by atomic mass is 10.2. The third kappa shape index (κ3) is 5.15. The number of amides is 2. The maximum atomic E-state index is 12.4. The monoisotopic (exact) mass is 393 g/mol. The second-order valence-electron chi connectivity index (χ2n) is 7.12. The lowest BCUT2D eigenvalue weighted by Crippen LogP contribution is -2.31. The van der Waals surface area contributed by atoms with Crippen molar-refractivity contribution < 1.29 is 18.0 Å². The molecule has 27 heavy (non-hydrogen) atoms. The number of benzene rings is 1. The van der Waals surface area contributed by atoms with Gasteiger partial charge in [0.25, 0.3) is 0 Å². The summed E-state index contributed by atoms with van der Waals surface area (Å²) in [7, 11) is -3.59. The molecule has 0 unspecified atom stereocenters. The van der Waals surface area contributed by atoms with Crippen molar-refractivity contribution in [3.05, 3.63) is 24.3 Å². The molecule has 0 aliphatic carbocycles. The Morgan fingerprint density at radius 3 is 2.07 bits per heavy atom. The van der Waals surface area contributed by atoms with Crippen LogP contribution in [0.25, 0.3) is 0 Å². The Labute approximate surface area is 160 Å². The Bertz CT molecular complexity index is 753. The molecule has 7 nitrogen and oxygen atoms in total. The standard InChI is InChI=1S/C19H27N3O4S/c23-18-10-11-19(24)22(18)16-6-8-17(9-7-16)27(25,26)20-12-5-15-21-13-3-1-2-4-14-21/h6-9,20H,1-5,10-15H2. The van der Waals surface area contributed by atoms with Crippen LogP contribution in [0.15, 0.2) is 29.2 Å². The number of rotatable bonds is 7. The van der Waals surface area contributed by atoms with Crippen LogP contribution in [0.5, 0.6) is 0 Å². The molecule has 2 fully saturated rings. The maximum Gasteiger partial charge on any atom is 0.240 e. The fraction of sp³-hybridized carbons (Fsp3) is 0.579. The van der Waals surface area contributed by atoms with Gasteiger partial charge in [0.05, 0.1) is 10.6 Å². The van der Waals surface area contributed by atoms with Crippen molar-refractivity contribution in [2.45, 2.75) is 49.8 Å². The molecule has 0 aromatic heterocycles. The molecule has 2 amide bonds. The summed E-state index contributed by atoms with van der Waals surface area (Å²) < 4.78 is 27.5.